The van der Waals surface area contributed by atoms with Crippen molar-refractivity contribution in [3.8, 4) is 0 Å². The summed E-state index contributed by atoms with van der Waals surface area (Å²) in [7, 11) is 3.29. The smallest absolute Gasteiger partial charge is 0.577 e. The molecule has 0 amide bonds. The van der Waals surface area contributed by atoms with Crippen molar-refractivity contribution in [1.82, 2.24) is 0 Å². The van der Waals surface area contributed by atoms with E-state index in [9.17, 15) is 0 Å². The van der Waals surface area contributed by atoms with Crippen LogP contribution >= 0.6 is 0 Å². The third kappa shape index (κ3) is 5.15. The van der Waals surface area contributed by atoms with Gasteiger partial charge in [-0.3, -0.25) is 5.92 Å². The second-order valence-electron chi connectivity index (χ2n) is 1.89. The molecule has 8 heavy (non-hydrogen) atoms. The van der Waals surface area contributed by atoms with Gasteiger partial charge in [0.2, 0.25) is 0 Å². The van der Waals surface area contributed by atoms with Crippen molar-refractivity contribution in [2.45, 2.75) is 26.9 Å². The van der Waals surface area contributed by atoms with Gasteiger partial charge in [-0.25, -0.2) is 7.11 Å². The first-order valence-electron chi connectivity index (χ1n) is 2.39. The Morgan fingerprint density at radius 3 is 1.88 bits per heavy atom. The quantitative estimate of drug-likeness (QED) is 0.698. The Kier molecular flexibility index (Phi) is 9.03. The minimum atomic E-state index is 0. The zero-order chi connectivity index (χ0) is 5.86. The van der Waals surface area contributed by atoms with Crippen molar-refractivity contribution in [2.75, 3.05) is 0 Å². The van der Waals surface area contributed by atoms with E-state index >= 15 is 0 Å². The summed E-state index contributed by atoms with van der Waals surface area (Å²) in [6, 6.07) is 0. The van der Waals surface area contributed by atoms with Crippen LogP contribution in [0.3, 0.4) is 0 Å². The normalized spacial score (nSPS) is 13.1. The van der Waals surface area contributed by atoms with Crippen molar-refractivity contribution in [3.63, 3.8) is 0 Å². The molecule has 0 aromatic heterocycles. The summed E-state index contributed by atoms with van der Waals surface area (Å²) in [6.45, 7) is 6.02. The van der Waals surface area contributed by atoms with Gasteiger partial charge in [-0.05, 0) is 0 Å². The van der Waals surface area contributed by atoms with E-state index in [4.69, 9.17) is 4.74 Å². The van der Waals surface area contributed by atoms with E-state index < -0.39 is 0 Å². The molecule has 0 bridgehead atoms. The summed E-state index contributed by atoms with van der Waals surface area (Å²) in [5, 5.41) is 0. The average Bonchev–Trinajstić information content (AvgIpc) is 1.65. The zero-order valence-electron chi connectivity index (χ0n) is 5.69. The second kappa shape index (κ2) is 6.14. The van der Waals surface area contributed by atoms with Crippen LogP contribution in [0.15, 0.2) is 0 Å². The Hall–Kier alpha value is 1.01. The maximum atomic E-state index is 4.72. The molecule has 1 unspecified atom stereocenters. The minimum Gasteiger partial charge on any atom is -0.577 e. The van der Waals surface area contributed by atoms with Gasteiger partial charge in [-0.1, -0.05) is 6.92 Å². The van der Waals surface area contributed by atoms with Crippen LogP contribution in [-0.4, -0.2) is 6.10 Å². The predicted octanol–water partition coefficient (Wildman–Crippen LogP) is 1.80. The molecule has 0 N–H and O–H groups in total. The van der Waals surface area contributed by atoms with Gasteiger partial charge in [0.15, 0.2) is 0 Å². The van der Waals surface area contributed by atoms with Crippen molar-refractivity contribution >= 4 is 0 Å². The molecule has 0 aliphatic rings. The van der Waals surface area contributed by atoms with Gasteiger partial charge in [0.1, 0.15) is 0 Å². The summed E-state index contributed by atoms with van der Waals surface area (Å²) in [5.41, 5.74) is 0. The molecule has 0 fully saturated rings. The standard InChI is InChI=1S/C6H12O.U/c1-5(2)6(3)7-4;/h6H,4H2,1-3H3;/q-2;+2. The van der Waals surface area contributed by atoms with Crippen LogP contribution < -0.4 is 0 Å². The van der Waals surface area contributed by atoms with Gasteiger partial charge in [0.25, 0.3) is 0 Å². The molecule has 0 heterocycles. The van der Waals surface area contributed by atoms with Gasteiger partial charge < -0.3 is 4.74 Å². The van der Waals surface area contributed by atoms with Crippen molar-refractivity contribution in [3.05, 3.63) is 13.0 Å². The van der Waals surface area contributed by atoms with Gasteiger partial charge in [-0.15, -0.1) is 6.10 Å². The molecule has 0 spiro atoms. The third-order valence-electron chi connectivity index (χ3n) is 1.06. The van der Waals surface area contributed by atoms with Crippen molar-refractivity contribution < 1.29 is 35.9 Å². The van der Waals surface area contributed by atoms with Crippen molar-refractivity contribution in [1.29, 1.82) is 0 Å². The first-order chi connectivity index (χ1) is 3.18. The molecule has 0 saturated carbocycles. The van der Waals surface area contributed by atoms with E-state index in [0.717, 1.165) is 0 Å². The molecule has 1 nitrogen and oxygen atoms in total. The summed E-state index contributed by atoms with van der Waals surface area (Å²) in [6.07, 6.45) is 0.208. The minimum absolute atomic E-state index is 0. The SMILES string of the molecule is [CH2-]OC(C)[C-](C)C.[U+2]. The maximum Gasteiger partial charge on any atom is 2.00 e. The van der Waals surface area contributed by atoms with E-state index in [2.05, 4.69) is 7.11 Å². The Balaban J connectivity index is 0. The van der Waals surface area contributed by atoms with Crippen LogP contribution in [0.25, 0.3) is 0 Å². The van der Waals surface area contributed by atoms with Gasteiger partial charge in [0, 0.05) is 0 Å². The topological polar surface area (TPSA) is 9.23 Å². The molecular formula is C6H12OU. The first-order valence-corrected chi connectivity index (χ1v) is 2.39. The third-order valence-corrected chi connectivity index (χ3v) is 1.06. The average molecular weight is 338 g/mol. The Morgan fingerprint density at radius 1 is 1.50 bits per heavy atom. The van der Waals surface area contributed by atoms with Crippen LogP contribution in [0.4, 0.5) is 0 Å². The fraction of sp³-hybridized carbons (Fsp3) is 0.667. The van der Waals surface area contributed by atoms with Gasteiger partial charge in [-0.2, -0.15) is 13.8 Å². The van der Waals surface area contributed by atoms with Crippen LogP contribution in [0.5, 0.6) is 0 Å². The number of hydrogen-bond donors (Lipinski definition) is 0. The van der Waals surface area contributed by atoms with Crippen LogP contribution in [0.2, 0.25) is 0 Å². The maximum absolute atomic E-state index is 4.72. The van der Waals surface area contributed by atoms with E-state index in [1.807, 2.05) is 20.8 Å². The molecule has 1 atom stereocenters. The largest absolute Gasteiger partial charge is 2.00 e. The van der Waals surface area contributed by atoms with Crippen LogP contribution in [0, 0.1) is 44.1 Å². The van der Waals surface area contributed by atoms with Crippen molar-refractivity contribution in [2.24, 2.45) is 0 Å². The molecule has 0 aliphatic heterocycles. The summed E-state index contributed by atoms with van der Waals surface area (Å²) in [4.78, 5) is 0. The summed E-state index contributed by atoms with van der Waals surface area (Å²) in [5.74, 6) is 1.26. The molecule has 0 aromatic rings. The molecule has 2 heteroatoms. The number of ether oxygens (including phenoxy) is 1. The van der Waals surface area contributed by atoms with Gasteiger partial charge in [0.05, 0.1) is 0 Å². The fourth-order valence-electron chi connectivity index (χ4n) is 0.167. The molecule has 0 radical (unpaired) electrons. The van der Waals surface area contributed by atoms with E-state index in [1.54, 1.807) is 0 Å². The predicted molar refractivity (Wildman–Crippen MR) is 30.5 cm³/mol. The Labute approximate surface area is 75.6 Å². The Bertz CT molecular complexity index is 45.8. The zero-order valence-corrected chi connectivity index (χ0v) is 9.86. The molecule has 0 saturated heterocycles. The second-order valence-corrected chi connectivity index (χ2v) is 1.89. The molecular weight excluding hydrogens is 326 g/mol. The summed E-state index contributed by atoms with van der Waals surface area (Å²) >= 11 is 0. The summed E-state index contributed by atoms with van der Waals surface area (Å²) < 4.78 is 4.72. The molecule has 46 valence electrons. The first kappa shape index (κ1) is 11.8. The monoisotopic (exact) mass is 338 g/mol. The van der Waals surface area contributed by atoms with E-state index in [1.165, 1.54) is 5.92 Å². The Morgan fingerprint density at radius 2 is 1.88 bits per heavy atom. The van der Waals surface area contributed by atoms with Crippen LogP contribution in [-0.2, 0) is 4.74 Å². The molecule has 0 aromatic carbocycles. The molecule has 0 rings (SSSR count). The number of rotatable bonds is 2. The van der Waals surface area contributed by atoms with E-state index in [0.29, 0.717) is 0 Å². The molecule has 0 aliphatic carbocycles. The van der Waals surface area contributed by atoms with Gasteiger partial charge >= 0.3 is 31.1 Å². The van der Waals surface area contributed by atoms with E-state index in [-0.39, 0.29) is 37.2 Å². The fourth-order valence-corrected chi connectivity index (χ4v) is 0.167. The van der Waals surface area contributed by atoms with Crippen LogP contribution in [0.1, 0.15) is 20.8 Å². The number of hydrogen-bond acceptors (Lipinski definition) is 1.